The number of likely N-dealkylation sites (N-methyl/N-ethyl adjacent to an activating group) is 1. The zero-order valence-electron chi connectivity index (χ0n) is 74.4. The number of hydrogen-bond donors (Lipinski definition) is 1. The van der Waals surface area contributed by atoms with Crippen LogP contribution in [0.1, 0.15) is 100 Å². The van der Waals surface area contributed by atoms with Crippen molar-refractivity contribution >= 4 is 26.6 Å². The van der Waals surface area contributed by atoms with E-state index in [2.05, 4.69) is 451 Å². The fourth-order valence-electron chi connectivity index (χ4n) is 16.4. The molecule has 0 amide bonds. The van der Waals surface area contributed by atoms with Crippen LogP contribution in [0.5, 0.6) is 0 Å². The summed E-state index contributed by atoms with van der Waals surface area (Å²) in [5.74, 6) is 0. The molecule has 30 heteroatoms. The Morgan fingerprint density at radius 1 is 0.325 bits per heavy atom. The second-order valence-electron chi connectivity index (χ2n) is 31.7. The topological polar surface area (TPSA) is 87.0 Å². The van der Waals surface area contributed by atoms with Crippen molar-refractivity contribution in [3.8, 4) is 34.1 Å². The number of quaternary nitrogens is 1. The van der Waals surface area contributed by atoms with Gasteiger partial charge in [0.05, 0.1) is 57.0 Å². The number of nitrogens with one attached hydrogen (secondary N) is 1. The van der Waals surface area contributed by atoms with Crippen LogP contribution < -0.4 is 148 Å². The number of aryl methyl sites for hydroxylation is 21. The van der Waals surface area contributed by atoms with E-state index in [1.54, 1.807) is 4.90 Å². The largest absolute Gasteiger partial charge is 4.00 e. The Balaban J connectivity index is 0.000000326. The average molecular weight is 2540 g/mol. The number of aromatic nitrogens is 18. The maximum Gasteiger partial charge on any atom is 4.00 e. The van der Waals surface area contributed by atoms with Gasteiger partial charge in [0.15, 0.2) is 20.0 Å². The molecule has 1 aliphatic heterocycles. The Morgan fingerprint density at radius 2 is 0.577 bits per heavy atom. The first kappa shape index (κ1) is 109. The molecule has 20 nitrogen and oxygen atoms in total. The average Bonchev–Trinajstić information content (AvgIpc) is 1.74. The third-order valence-electron chi connectivity index (χ3n) is 20.5. The molecule has 123 heavy (non-hydrogen) atoms. The number of nitrogens with zero attached hydrogens (tertiary/aromatic N) is 19. The molecule has 0 radical (unpaired) electrons. The van der Waals surface area contributed by atoms with E-state index >= 15 is 0 Å². The number of halogens is 8. The molecule has 1 atom stereocenters. The molecule has 660 valence electrons. The Labute approximate surface area is 828 Å². The van der Waals surface area contributed by atoms with E-state index in [1.807, 2.05) is 57.2 Å². The van der Waals surface area contributed by atoms with Gasteiger partial charge in [-0.1, -0.05) is 106 Å². The summed E-state index contributed by atoms with van der Waals surface area (Å²) in [6.07, 6.45) is 63.6. The maximum atomic E-state index is 3.44. The Kier molecular flexibility index (Phi) is 44.3. The van der Waals surface area contributed by atoms with Gasteiger partial charge < -0.3 is 138 Å². The molecule has 15 aromatic rings. The maximum absolute atomic E-state index is 3.44. The molecule has 1 unspecified atom stereocenters. The molecule has 1 N–H and O–H groups in total. The molecule has 0 bridgehead atoms. The van der Waals surface area contributed by atoms with Crippen LogP contribution in [-0.4, -0.2) is 72.8 Å². The zero-order chi connectivity index (χ0) is 83.3. The summed E-state index contributed by atoms with van der Waals surface area (Å²) < 4.78 is 37.4. The first-order chi connectivity index (χ1) is 55.3. The minimum absolute atomic E-state index is 0. The molecular weight excluding hydrogens is 2430 g/mol. The summed E-state index contributed by atoms with van der Waals surface area (Å²) in [5.41, 5.74) is 30.4. The van der Waals surface area contributed by atoms with Crippen molar-refractivity contribution in [2.24, 2.45) is 21.1 Å². The normalized spacial score (nSPS) is 11.8. The molecule has 1 fully saturated rings. The van der Waals surface area contributed by atoms with Crippen LogP contribution in [0.3, 0.4) is 0 Å². The number of imidazole rings is 9. The summed E-state index contributed by atoms with van der Waals surface area (Å²) in [5, 5.41) is 0. The SMILES string of the molecule is CN1CC[NH+](Cn2cc[n+](C)c2)C1.Cc1cc(C)c(-n2[c-][n+](C[n+]3[c-]n(-c4c(C)cc(C)cc4C)cc3)cc2)c(C)c1.Cc1cc(C)c(-n2[c-][n+](C[n+]3[c-]n(-c4c(C)cc(C)cc4C)cc3)cc2)c(C)c1.Cc1cc(C)c(-n2cc[n+](C[n+]3ccn(-c4c(C)cc(C)cc4C)c3)c2)c(C)c1.Cn1[c-][n+](C[n+]2[c-]n(C)cc2)cc1.[Br-].[Br-].[Br-].[Br-].[Br-].[Br-].[Br][Pt+2][Br].[Pt+4]. The quantitative estimate of drug-likeness (QED) is 0.0759. The van der Waals surface area contributed by atoms with E-state index in [0.717, 1.165) is 20.0 Å². The van der Waals surface area contributed by atoms with Crippen molar-refractivity contribution in [1.29, 1.82) is 0 Å². The molecule has 9 aromatic heterocycles. The van der Waals surface area contributed by atoms with Crippen molar-refractivity contribution in [2.75, 3.05) is 26.8 Å². The van der Waals surface area contributed by atoms with Crippen LogP contribution in [0, 0.1) is 163 Å². The summed E-state index contributed by atoms with van der Waals surface area (Å²) in [4.78, 5) is 4.01. The molecule has 10 heterocycles. The first-order valence-corrected chi connectivity index (χ1v) is 49.1. The third-order valence-corrected chi connectivity index (χ3v) is 20.5. The van der Waals surface area contributed by atoms with Gasteiger partial charge in [-0.25, -0.2) is 13.7 Å². The zero-order valence-corrected chi connectivity index (χ0v) is 91.6. The van der Waals surface area contributed by atoms with Gasteiger partial charge in [-0.15, -0.1) is 0 Å². The molecular formula is C93H116Br8N20Pt2+4. The van der Waals surface area contributed by atoms with E-state index in [4.69, 9.17) is 0 Å². The van der Waals surface area contributed by atoms with Gasteiger partial charge in [-0.05, 0) is 223 Å². The Hall–Kier alpha value is -6.65. The molecule has 0 saturated carbocycles. The van der Waals surface area contributed by atoms with E-state index in [0.29, 0.717) is 13.3 Å². The fraction of sp³-hybridized carbons (Fsp3) is 0.323. The molecule has 0 aliphatic carbocycles. The minimum Gasteiger partial charge on any atom is 4.00 e. The summed E-state index contributed by atoms with van der Waals surface area (Å²) in [6, 6.07) is 26.7. The van der Waals surface area contributed by atoms with Crippen molar-refractivity contribution in [1.82, 2.24) is 46.0 Å². The number of benzene rings is 6. The van der Waals surface area contributed by atoms with Crippen LogP contribution in [-0.2, 0) is 90.0 Å². The first-order valence-electron chi connectivity index (χ1n) is 39.2. The minimum atomic E-state index is 0. The monoisotopic (exact) mass is 2530 g/mol. The van der Waals surface area contributed by atoms with Crippen molar-refractivity contribution < 1.29 is 183 Å². The van der Waals surface area contributed by atoms with E-state index < -0.39 is 0 Å². The fourth-order valence-corrected chi connectivity index (χ4v) is 16.4. The van der Waals surface area contributed by atoms with Gasteiger partial charge in [0.25, 0.3) is 12.7 Å². The molecule has 16 rings (SSSR count). The molecule has 1 saturated heterocycles. The molecule has 1 aliphatic rings. The van der Waals surface area contributed by atoms with Crippen LogP contribution in [0.2, 0.25) is 0 Å². The van der Waals surface area contributed by atoms with E-state index in [-0.39, 0.29) is 137 Å². The van der Waals surface area contributed by atoms with Gasteiger partial charge in [-0.3, -0.25) is 28.1 Å². The summed E-state index contributed by atoms with van der Waals surface area (Å²) in [6.45, 7) is 46.4. The van der Waals surface area contributed by atoms with Gasteiger partial charge in [0, 0.05) is 49.6 Å². The second-order valence-corrected chi connectivity index (χ2v) is 41.6. The van der Waals surface area contributed by atoms with E-state index in [1.165, 1.54) is 154 Å². The predicted molar refractivity (Wildman–Crippen MR) is 454 cm³/mol. The Morgan fingerprint density at radius 3 is 0.805 bits per heavy atom. The van der Waals surface area contributed by atoms with Gasteiger partial charge in [-0.2, -0.15) is 13.7 Å². The smallest absolute Gasteiger partial charge is 4.00 e. The standard InChI is InChI=1S/C25H30N4.2C25H28N4.C9H17N4.C9H12N4.8BrH.2Pt/c3*1-18-11-20(3)24(21(4)12-18)28-9-7-26(16-28)15-27-8-10-29(17-27)25-22(5)13-19(2)14-23(25)6;2*1-10-3-5-12(7-10)9-13-6-4-11(2)8-13;;;;;;;;;;/h7-14,16-17H,15H2,1-6H3;2*7-14H,15H2,1-6H3;3,5,7H,4,6,8-9H2,1-2H3;3-6H,9H2,1-2H3;8*1H;;/q+2;;;+1;;;;;;;;;;2*+4/p-7. The Bertz CT molecular complexity index is 4970. The van der Waals surface area contributed by atoms with E-state index in [9.17, 15) is 0 Å². The van der Waals surface area contributed by atoms with Crippen molar-refractivity contribution in [3.63, 3.8) is 0 Å². The summed E-state index contributed by atoms with van der Waals surface area (Å²) >= 11 is 6.56. The summed E-state index contributed by atoms with van der Waals surface area (Å²) in [7, 11) is 8.15. The third kappa shape index (κ3) is 29.7. The van der Waals surface area contributed by atoms with Gasteiger partial charge in [0.2, 0.25) is 57.6 Å². The van der Waals surface area contributed by atoms with Crippen molar-refractivity contribution in [2.45, 2.75) is 158 Å². The molecule has 0 spiro atoms. The second kappa shape index (κ2) is 50.2. The van der Waals surface area contributed by atoms with Crippen LogP contribution >= 0.6 is 26.6 Å². The van der Waals surface area contributed by atoms with Gasteiger partial charge in [0.1, 0.15) is 55.2 Å². The van der Waals surface area contributed by atoms with Crippen LogP contribution in [0.25, 0.3) is 34.1 Å². The van der Waals surface area contributed by atoms with Gasteiger partial charge >= 0.3 is 62.1 Å². The van der Waals surface area contributed by atoms with Crippen LogP contribution in [0.4, 0.5) is 0 Å². The van der Waals surface area contributed by atoms with Crippen LogP contribution in [0.15, 0.2) is 203 Å². The number of hydrogen-bond acceptors (Lipinski definition) is 1. The predicted octanol–water partition coefficient (Wildman–Crippen LogP) is -7.39. The number of rotatable bonds is 16. The van der Waals surface area contributed by atoms with Crippen molar-refractivity contribution in [3.05, 3.63) is 341 Å². The molecule has 6 aromatic carbocycles.